The Morgan fingerprint density at radius 1 is 1.62 bits per heavy atom. The summed E-state index contributed by atoms with van der Waals surface area (Å²) in [4.78, 5) is 2.11. The largest absolute Gasteiger partial charge is 0.291 e. The molecule has 0 aromatic carbocycles. The van der Waals surface area contributed by atoms with E-state index in [-0.39, 0.29) is 5.50 Å². The van der Waals surface area contributed by atoms with E-state index < -0.39 is 0 Å². The van der Waals surface area contributed by atoms with Crippen molar-refractivity contribution in [3.63, 3.8) is 0 Å². The van der Waals surface area contributed by atoms with Crippen LogP contribution in [0.15, 0.2) is 0 Å². The molecule has 0 heterocycles. The van der Waals surface area contributed by atoms with Crippen molar-refractivity contribution >= 4 is 11.6 Å². The quantitative estimate of drug-likeness (QED) is 0.422. The number of hydrogen-bond donors (Lipinski definition) is 0. The molecule has 0 aliphatic rings. The van der Waals surface area contributed by atoms with Crippen LogP contribution in [-0.2, 0) is 0 Å². The Balaban J connectivity index is 3.17. The smallest absolute Gasteiger partial charge is 0.0819 e. The van der Waals surface area contributed by atoms with Crippen molar-refractivity contribution in [3.8, 4) is 0 Å². The first-order valence-electron chi connectivity index (χ1n) is 3.02. The lowest BCUT2D eigenvalue weighted by Crippen LogP contribution is -2.24. The minimum atomic E-state index is 0.176. The van der Waals surface area contributed by atoms with Crippen LogP contribution in [0.4, 0.5) is 0 Å². The van der Waals surface area contributed by atoms with E-state index in [1.54, 1.807) is 0 Å². The van der Waals surface area contributed by atoms with Crippen molar-refractivity contribution in [3.05, 3.63) is 0 Å². The van der Waals surface area contributed by atoms with Gasteiger partial charge >= 0.3 is 0 Å². The van der Waals surface area contributed by atoms with Crippen molar-refractivity contribution in [2.75, 3.05) is 13.6 Å². The lowest BCUT2D eigenvalue weighted by Gasteiger charge is -2.17. The number of alkyl halides is 1. The molecule has 0 saturated carbocycles. The van der Waals surface area contributed by atoms with E-state index in [0.29, 0.717) is 0 Å². The van der Waals surface area contributed by atoms with Crippen LogP contribution in [-0.4, -0.2) is 24.0 Å². The highest BCUT2D eigenvalue weighted by atomic mass is 35.5. The molecular formula is C6H14ClN. The second-order valence-electron chi connectivity index (χ2n) is 2.05. The van der Waals surface area contributed by atoms with Crippen molar-refractivity contribution < 1.29 is 0 Å². The molecule has 0 aliphatic carbocycles. The van der Waals surface area contributed by atoms with Crippen molar-refractivity contribution in [1.82, 2.24) is 4.90 Å². The first-order chi connectivity index (χ1) is 3.68. The molecule has 1 nitrogen and oxygen atoms in total. The maximum absolute atomic E-state index is 5.73. The molecule has 0 aromatic rings. The zero-order chi connectivity index (χ0) is 6.57. The summed E-state index contributed by atoms with van der Waals surface area (Å²) in [6, 6.07) is 0. The van der Waals surface area contributed by atoms with Crippen LogP contribution in [0.25, 0.3) is 0 Å². The number of nitrogens with zero attached hydrogens (tertiary/aromatic N) is 1. The predicted molar refractivity (Wildman–Crippen MR) is 38.2 cm³/mol. The number of halogens is 1. The summed E-state index contributed by atoms with van der Waals surface area (Å²) in [5, 5.41) is 0. The van der Waals surface area contributed by atoms with Crippen LogP contribution in [0.1, 0.15) is 20.3 Å². The van der Waals surface area contributed by atoms with Gasteiger partial charge in [0.05, 0.1) is 5.50 Å². The highest BCUT2D eigenvalue weighted by Crippen LogP contribution is 1.99. The van der Waals surface area contributed by atoms with E-state index >= 15 is 0 Å². The van der Waals surface area contributed by atoms with Gasteiger partial charge in [-0.05, 0) is 26.9 Å². The average molecular weight is 136 g/mol. The zero-order valence-electron chi connectivity index (χ0n) is 5.82. The Kier molecular flexibility index (Phi) is 4.29. The van der Waals surface area contributed by atoms with E-state index in [0.717, 1.165) is 6.54 Å². The van der Waals surface area contributed by atoms with Gasteiger partial charge in [-0.25, -0.2) is 0 Å². The second kappa shape index (κ2) is 4.16. The molecule has 0 bridgehead atoms. The fraction of sp³-hybridized carbons (Fsp3) is 1.00. The summed E-state index contributed by atoms with van der Waals surface area (Å²) in [7, 11) is 2.03. The van der Waals surface area contributed by atoms with Crippen LogP contribution in [0.2, 0.25) is 0 Å². The lowest BCUT2D eigenvalue weighted by molar-refractivity contribution is 0.323. The standard InChI is InChI=1S/C6H14ClN/c1-4-5-8(3)6(2)7/h6H,4-5H2,1-3H3. The molecule has 0 amide bonds. The van der Waals surface area contributed by atoms with E-state index in [2.05, 4.69) is 11.8 Å². The fourth-order valence-electron chi connectivity index (χ4n) is 0.531. The maximum Gasteiger partial charge on any atom is 0.0819 e. The third-order valence-corrected chi connectivity index (χ3v) is 1.52. The second-order valence-corrected chi connectivity index (χ2v) is 2.69. The third kappa shape index (κ3) is 3.28. The molecular weight excluding hydrogens is 122 g/mol. The average Bonchev–Trinajstić information content (AvgIpc) is 1.67. The van der Waals surface area contributed by atoms with E-state index in [1.165, 1.54) is 6.42 Å². The number of hydrogen-bond acceptors (Lipinski definition) is 1. The highest BCUT2D eigenvalue weighted by Gasteiger charge is 2.00. The Bertz CT molecular complexity index is 54.5. The van der Waals surface area contributed by atoms with Crippen LogP contribution in [0.5, 0.6) is 0 Å². The minimum Gasteiger partial charge on any atom is -0.291 e. The molecule has 8 heavy (non-hydrogen) atoms. The van der Waals surface area contributed by atoms with Gasteiger partial charge in [0.25, 0.3) is 0 Å². The van der Waals surface area contributed by atoms with Crippen LogP contribution < -0.4 is 0 Å². The Labute approximate surface area is 56.6 Å². The summed E-state index contributed by atoms with van der Waals surface area (Å²) in [5.41, 5.74) is 0.176. The van der Waals surface area contributed by atoms with Crippen LogP contribution >= 0.6 is 11.6 Å². The van der Waals surface area contributed by atoms with Crippen molar-refractivity contribution in [2.45, 2.75) is 25.8 Å². The molecule has 0 N–H and O–H groups in total. The Morgan fingerprint density at radius 2 is 2.12 bits per heavy atom. The summed E-state index contributed by atoms with van der Waals surface area (Å²) in [5.74, 6) is 0. The molecule has 0 saturated heterocycles. The van der Waals surface area contributed by atoms with Gasteiger partial charge in [-0.1, -0.05) is 6.92 Å². The van der Waals surface area contributed by atoms with Crippen LogP contribution in [0.3, 0.4) is 0 Å². The summed E-state index contributed by atoms with van der Waals surface area (Å²) >= 11 is 5.73. The summed E-state index contributed by atoms with van der Waals surface area (Å²) in [6.45, 7) is 5.22. The van der Waals surface area contributed by atoms with Gasteiger partial charge in [-0.2, -0.15) is 0 Å². The molecule has 1 unspecified atom stereocenters. The molecule has 0 rings (SSSR count). The maximum atomic E-state index is 5.73. The van der Waals surface area contributed by atoms with Gasteiger partial charge in [-0.3, -0.25) is 4.90 Å². The van der Waals surface area contributed by atoms with E-state index in [1.807, 2.05) is 14.0 Å². The lowest BCUT2D eigenvalue weighted by atomic mass is 10.4. The number of rotatable bonds is 3. The molecule has 0 aromatic heterocycles. The van der Waals surface area contributed by atoms with Gasteiger partial charge in [0.2, 0.25) is 0 Å². The Morgan fingerprint density at radius 3 is 2.25 bits per heavy atom. The zero-order valence-corrected chi connectivity index (χ0v) is 6.57. The van der Waals surface area contributed by atoms with Gasteiger partial charge in [-0.15, -0.1) is 11.6 Å². The molecule has 0 spiro atoms. The molecule has 0 radical (unpaired) electrons. The molecule has 0 fully saturated rings. The molecule has 50 valence electrons. The van der Waals surface area contributed by atoms with Gasteiger partial charge in [0, 0.05) is 0 Å². The van der Waals surface area contributed by atoms with E-state index in [9.17, 15) is 0 Å². The predicted octanol–water partition coefficient (Wildman–Crippen LogP) is 1.91. The van der Waals surface area contributed by atoms with E-state index in [4.69, 9.17) is 11.6 Å². The SMILES string of the molecule is CCCN(C)C(C)Cl. The van der Waals surface area contributed by atoms with Gasteiger partial charge in [0.1, 0.15) is 0 Å². The normalized spacial score (nSPS) is 14.6. The van der Waals surface area contributed by atoms with Crippen LogP contribution in [0, 0.1) is 0 Å². The summed E-state index contributed by atoms with van der Waals surface area (Å²) < 4.78 is 0. The first kappa shape index (κ1) is 8.25. The highest BCUT2D eigenvalue weighted by molar-refractivity contribution is 6.20. The fourth-order valence-corrected chi connectivity index (χ4v) is 0.628. The minimum absolute atomic E-state index is 0.176. The molecule has 2 heteroatoms. The van der Waals surface area contributed by atoms with Gasteiger partial charge < -0.3 is 0 Å². The molecule has 0 aliphatic heterocycles. The van der Waals surface area contributed by atoms with Crippen molar-refractivity contribution in [1.29, 1.82) is 0 Å². The Hall–Kier alpha value is 0.250. The van der Waals surface area contributed by atoms with Crippen molar-refractivity contribution in [2.24, 2.45) is 0 Å². The van der Waals surface area contributed by atoms with Gasteiger partial charge in [0.15, 0.2) is 0 Å². The topological polar surface area (TPSA) is 3.24 Å². The monoisotopic (exact) mass is 135 g/mol. The third-order valence-electron chi connectivity index (χ3n) is 1.18. The first-order valence-corrected chi connectivity index (χ1v) is 3.46. The summed E-state index contributed by atoms with van der Waals surface area (Å²) in [6.07, 6.45) is 1.17. The molecule has 1 atom stereocenters.